The van der Waals surface area contributed by atoms with Crippen molar-refractivity contribution in [2.45, 2.75) is 29.8 Å². The van der Waals surface area contributed by atoms with E-state index in [1.807, 2.05) is 0 Å². The minimum absolute atomic E-state index is 0.0674. The van der Waals surface area contributed by atoms with Crippen LogP contribution in [-0.4, -0.2) is 50.2 Å². The molecular weight excluding hydrogens is 475 g/mol. The van der Waals surface area contributed by atoms with Gasteiger partial charge in [-0.3, -0.25) is 0 Å². The van der Waals surface area contributed by atoms with Crippen molar-refractivity contribution < 1.29 is 35.6 Å². The van der Waals surface area contributed by atoms with Crippen LogP contribution < -0.4 is 9.47 Å². The number of alkyl halides is 3. The third kappa shape index (κ3) is 4.60. The number of benzene rings is 2. The molecule has 1 aliphatic rings. The Balaban J connectivity index is 1.59. The van der Waals surface area contributed by atoms with Gasteiger partial charge in [0.1, 0.15) is 0 Å². The van der Waals surface area contributed by atoms with Gasteiger partial charge in [0.15, 0.2) is 11.5 Å². The number of piperidine rings is 1. The molecule has 0 bridgehead atoms. The second-order valence-corrected chi connectivity index (χ2v) is 9.63. The van der Waals surface area contributed by atoms with Gasteiger partial charge >= 0.3 is 6.18 Å². The molecule has 3 aromatic rings. The molecule has 12 heteroatoms. The van der Waals surface area contributed by atoms with Gasteiger partial charge in [-0.05, 0) is 43.2 Å². The molecule has 182 valence electrons. The van der Waals surface area contributed by atoms with E-state index in [1.54, 1.807) is 18.2 Å². The average Bonchev–Trinajstić information content (AvgIpc) is 3.33. The van der Waals surface area contributed by atoms with Crippen LogP contribution in [0.25, 0.3) is 11.4 Å². The van der Waals surface area contributed by atoms with Gasteiger partial charge in [-0.1, -0.05) is 17.3 Å². The second kappa shape index (κ2) is 9.26. The van der Waals surface area contributed by atoms with Crippen LogP contribution in [0.5, 0.6) is 11.5 Å². The smallest absolute Gasteiger partial charge is 0.417 e. The SMILES string of the molecule is COc1ccc(-c2noc(C3CCCN(S(=O)(=O)c4ccccc4C(F)(F)F)C3)n2)cc1OC. The largest absolute Gasteiger partial charge is 0.493 e. The van der Waals surface area contributed by atoms with Gasteiger partial charge in [-0.25, -0.2) is 8.42 Å². The normalized spacial score (nSPS) is 17.5. The van der Waals surface area contributed by atoms with Crippen molar-refractivity contribution in [1.82, 2.24) is 14.4 Å². The molecular formula is C22H22F3N3O5S. The third-order valence-electron chi connectivity index (χ3n) is 5.63. The van der Waals surface area contributed by atoms with E-state index in [9.17, 15) is 21.6 Å². The predicted octanol–water partition coefficient (Wildman–Crippen LogP) is 4.34. The average molecular weight is 497 g/mol. The van der Waals surface area contributed by atoms with Crippen LogP contribution in [-0.2, 0) is 16.2 Å². The minimum Gasteiger partial charge on any atom is -0.493 e. The summed E-state index contributed by atoms with van der Waals surface area (Å²) < 4.78 is 83.5. The summed E-state index contributed by atoms with van der Waals surface area (Å²) in [5, 5.41) is 3.99. The van der Waals surface area contributed by atoms with Crippen molar-refractivity contribution in [3.05, 3.63) is 53.9 Å². The predicted molar refractivity (Wildman–Crippen MR) is 115 cm³/mol. The van der Waals surface area contributed by atoms with Gasteiger partial charge in [0.05, 0.1) is 30.6 Å². The molecule has 1 aliphatic heterocycles. The van der Waals surface area contributed by atoms with Crippen LogP contribution in [0, 0.1) is 0 Å². The Morgan fingerprint density at radius 1 is 1.09 bits per heavy atom. The molecule has 0 saturated carbocycles. The highest BCUT2D eigenvalue weighted by Crippen LogP contribution is 2.37. The van der Waals surface area contributed by atoms with Crippen LogP contribution in [0.2, 0.25) is 0 Å². The molecule has 2 aromatic carbocycles. The fourth-order valence-electron chi connectivity index (χ4n) is 3.92. The Morgan fingerprint density at radius 2 is 1.82 bits per heavy atom. The second-order valence-electron chi connectivity index (χ2n) is 7.72. The highest BCUT2D eigenvalue weighted by molar-refractivity contribution is 7.89. The van der Waals surface area contributed by atoms with E-state index >= 15 is 0 Å². The number of halogens is 3. The van der Waals surface area contributed by atoms with Gasteiger partial charge in [0, 0.05) is 18.7 Å². The molecule has 1 unspecified atom stereocenters. The van der Waals surface area contributed by atoms with Gasteiger partial charge in [0.2, 0.25) is 21.7 Å². The Labute approximate surface area is 194 Å². The van der Waals surface area contributed by atoms with Crippen LogP contribution in [0.15, 0.2) is 51.9 Å². The van der Waals surface area contributed by atoms with Gasteiger partial charge < -0.3 is 14.0 Å². The first-order chi connectivity index (χ1) is 16.1. The molecule has 0 aliphatic carbocycles. The summed E-state index contributed by atoms with van der Waals surface area (Å²) in [7, 11) is -1.37. The molecule has 1 fully saturated rings. The maximum absolute atomic E-state index is 13.4. The number of ether oxygens (including phenoxy) is 2. The van der Waals surface area contributed by atoms with Crippen molar-refractivity contribution >= 4 is 10.0 Å². The highest BCUT2D eigenvalue weighted by Gasteiger charge is 2.40. The number of hydrogen-bond acceptors (Lipinski definition) is 7. The third-order valence-corrected chi connectivity index (χ3v) is 7.55. The number of rotatable bonds is 6. The standard InChI is InChI=1S/C22H22F3N3O5S/c1-31-17-10-9-14(12-18(17)32-2)20-26-21(33-27-20)15-6-5-11-28(13-15)34(29,30)19-8-4-3-7-16(19)22(23,24)25/h3-4,7-10,12,15H,5-6,11,13H2,1-2H3. The molecule has 1 aromatic heterocycles. The summed E-state index contributed by atoms with van der Waals surface area (Å²) in [6, 6.07) is 9.27. The van der Waals surface area contributed by atoms with Crippen molar-refractivity contribution in [3.8, 4) is 22.9 Å². The van der Waals surface area contributed by atoms with Crippen molar-refractivity contribution in [1.29, 1.82) is 0 Å². The first kappa shape index (κ1) is 24.0. The van der Waals surface area contributed by atoms with E-state index in [2.05, 4.69) is 10.1 Å². The van der Waals surface area contributed by atoms with E-state index in [1.165, 1.54) is 20.3 Å². The molecule has 1 saturated heterocycles. The van der Waals surface area contributed by atoms with Gasteiger partial charge in [0.25, 0.3) is 0 Å². The summed E-state index contributed by atoms with van der Waals surface area (Å²) in [5.41, 5.74) is -0.585. The van der Waals surface area contributed by atoms with Crippen molar-refractivity contribution in [2.75, 3.05) is 27.3 Å². The first-order valence-corrected chi connectivity index (χ1v) is 11.8. The maximum Gasteiger partial charge on any atom is 0.417 e. The summed E-state index contributed by atoms with van der Waals surface area (Å²) in [6.07, 6.45) is -3.80. The summed E-state index contributed by atoms with van der Waals surface area (Å²) in [4.78, 5) is 3.64. The number of sulfonamides is 1. The van der Waals surface area contributed by atoms with E-state index < -0.39 is 32.6 Å². The Bertz CT molecular complexity index is 1280. The molecule has 1 atom stereocenters. The minimum atomic E-state index is -4.79. The number of hydrogen-bond donors (Lipinski definition) is 0. The molecule has 34 heavy (non-hydrogen) atoms. The van der Waals surface area contributed by atoms with Crippen molar-refractivity contribution in [2.24, 2.45) is 0 Å². The fraction of sp³-hybridized carbons (Fsp3) is 0.364. The zero-order valence-electron chi connectivity index (χ0n) is 18.4. The monoisotopic (exact) mass is 497 g/mol. The molecule has 0 N–H and O–H groups in total. The van der Waals surface area contributed by atoms with Crippen LogP contribution in [0.3, 0.4) is 0 Å². The number of nitrogens with zero attached hydrogens (tertiary/aromatic N) is 3. The Morgan fingerprint density at radius 3 is 2.53 bits per heavy atom. The Hall–Kier alpha value is -3.12. The zero-order valence-corrected chi connectivity index (χ0v) is 19.2. The maximum atomic E-state index is 13.4. The van der Waals surface area contributed by atoms with E-state index in [-0.39, 0.29) is 24.8 Å². The molecule has 2 heterocycles. The van der Waals surface area contributed by atoms with E-state index in [0.29, 0.717) is 29.9 Å². The zero-order chi connectivity index (χ0) is 24.5. The first-order valence-electron chi connectivity index (χ1n) is 10.4. The lowest BCUT2D eigenvalue weighted by Crippen LogP contribution is -2.39. The van der Waals surface area contributed by atoms with Crippen LogP contribution in [0.1, 0.15) is 30.2 Å². The lowest BCUT2D eigenvalue weighted by Gasteiger charge is -2.30. The molecule has 0 radical (unpaired) electrons. The highest BCUT2D eigenvalue weighted by atomic mass is 32.2. The lowest BCUT2D eigenvalue weighted by atomic mass is 10.00. The summed E-state index contributed by atoms with van der Waals surface area (Å²) in [6.45, 7) is 0.0315. The lowest BCUT2D eigenvalue weighted by molar-refractivity contribution is -0.139. The van der Waals surface area contributed by atoms with Gasteiger partial charge in [-0.2, -0.15) is 22.5 Å². The Kier molecular flexibility index (Phi) is 6.54. The van der Waals surface area contributed by atoms with Gasteiger partial charge in [-0.15, -0.1) is 0 Å². The van der Waals surface area contributed by atoms with E-state index in [0.717, 1.165) is 22.5 Å². The molecule has 8 nitrogen and oxygen atoms in total. The summed E-state index contributed by atoms with van der Waals surface area (Å²) >= 11 is 0. The molecule has 4 rings (SSSR count). The topological polar surface area (TPSA) is 94.8 Å². The van der Waals surface area contributed by atoms with E-state index in [4.69, 9.17) is 14.0 Å². The number of aromatic nitrogens is 2. The quantitative estimate of drug-likeness (QED) is 0.500. The van der Waals surface area contributed by atoms with Crippen molar-refractivity contribution in [3.63, 3.8) is 0 Å². The number of methoxy groups -OCH3 is 2. The fourth-order valence-corrected chi connectivity index (χ4v) is 5.66. The molecule has 0 spiro atoms. The van der Waals surface area contributed by atoms with Crippen LogP contribution in [0.4, 0.5) is 13.2 Å². The van der Waals surface area contributed by atoms with Crippen LogP contribution >= 0.6 is 0 Å². The summed E-state index contributed by atoms with van der Waals surface area (Å²) in [5.74, 6) is 1.04. The molecule has 0 amide bonds.